The molecule has 0 aliphatic heterocycles. The largest absolute Gasteiger partial charge is 0.354 e. The second-order valence-corrected chi connectivity index (χ2v) is 12.5. The van der Waals surface area contributed by atoms with E-state index in [0.717, 1.165) is 39.4 Å². The number of hydrogen-bond donors (Lipinski definition) is 1. The lowest BCUT2D eigenvalue weighted by Crippen LogP contribution is -2.53. The first-order chi connectivity index (χ1) is 18.8. The van der Waals surface area contributed by atoms with Crippen LogP contribution in [-0.4, -0.2) is 50.5 Å². The minimum atomic E-state index is -3.98. The molecule has 3 rings (SSSR count). The smallest absolute Gasteiger partial charge is 0.244 e. The van der Waals surface area contributed by atoms with Gasteiger partial charge in [0.1, 0.15) is 18.4 Å². The molecule has 0 radical (unpaired) electrons. The number of rotatable bonds is 12. The SMILES string of the molecule is Cc1cccc(CN(C(=O)CN(c2ccc(F)c(Cl)c2)S(C)(=O)=O)[C@@H](Cc2ccccc2)C(=O)NCC(C)C)c1. The van der Waals surface area contributed by atoms with Crippen LogP contribution in [0.2, 0.25) is 5.02 Å². The van der Waals surface area contributed by atoms with Crippen LogP contribution in [0.1, 0.15) is 30.5 Å². The molecular weight excluding hydrogens is 553 g/mol. The number of amides is 2. The van der Waals surface area contributed by atoms with Gasteiger partial charge in [-0.05, 0) is 42.2 Å². The van der Waals surface area contributed by atoms with Gasteiger partial charge in [-0.1, -0.05) is 85.6 Å². The first-order valence-electron chi connectivity index (χ1n) is 12.9. The molecule has 40 heavy (non-hydrogen) atoms. The molecular formula is C30H35ClFN3O4S. The van der Waals surface area contributed by atoms with E-state index in [0.29, 0.717) is 6.54 Å². The number of nitrogens with one attached hydrogen (secondary N) is 1. The minimum absolute atomic E-state index is 0.0432. The summed E-state index contributed by atoms with van der Waals surface area (Å²) in [7, 11) is -3.98. The van der Waals surface area contributed by atoms with Crippen molar-refractivity contribution in [1.82, 2.24) is 10.2 Å². The van der Waals surface area contributed by atoms with Crippen molar-refractivity contribution in [3.8, 4) is 0 Å². The Morgan fingerprint density at radius 1 is 0.975 bits per heavy atom. The lowest BCUT2D eigenvalue weighted by Gasteiger charge is -2.33. The van der Waals surface area contributed by atoms with Gasteiger partial charge in [0.25, 0.3) is 0 Å². The highest BCUT2D eigenvalue weighted by Crippen LogP contribution is 2.25. The Morgan fingerprint density at radius 2 is 1.65 bits per heavy atom. The summed E-state index contributed by atoms with van der Waals surface area (Å²) in [6.07, 6.45) is 1.18. The fourth-order valence-electron chi connectivity index (χ4n) is 4.24. The monoisotopic (exact) mass is 587 g/mol. The van der Waals surface area contributed by atoms with Crippen molar-refractivity contribution >= 4 is 39.1 Å². The topological polar surface area (TPSA) is 86.8 Å². The summed E-state index contributed by atoms with van der Waals surface area (Å²) >= 11 is 5.93. The van der Waals surface area contributed by atoms with Crippen LogP contribution in [0.25, 0.3) is 0 Å². The predicted molar refractivity (Wildman–Crippen MR) is 157 cm³/mol. The highest BCUT2D eigenvalue weighted by atomic mass is 35.5. The van der Waals surface area contributed by atoms with E-state index in [1.807, 2.05) is 75.4 Å². The van der Waals surface area contributed by atoms with E-state index < -0.39 is 34.3 Å². The molecule has 0 aliphatic carbocycles. The fraction of sp³-hybridized carbons (Fsp3) is 0.333. The van der Waals surface area contributed by atoms with Crippen molar-refractivity contribution < 1.29 is 22.4 Å². The molecule has 0 bridgehead atoms. The molecule has 0 aromatic heterocycles. The Labute approximate surface area is 241 Å². The molecule has 0 saturated heterocycles. The molecule has 1 N–H and O–H groups in total. The number of aryl methyl sites for hydroxylation is 1. The van der Waals surface area contributed by atoms with Crippen molar-refractivity contribution in [3.63, 3.8) is 0 Å². The molecule has 0 fully saturated rings. The van der Waals surface area contributed by atoms with Crippen LogP contribution in [-0.2, 0) is 32.6 Å². The first-order valence-corrected chi connectivity index (χ1v) is 15.2. The number of benzene rings is 3. The van der Waals surface area contributed by atoms with E-state index >= 15 is 0 Å². The zero-order valence-electron chi connectivity index (χ0n) is 23.1. The molecule has 1 atom stereocenters. The Morgan fingerprint density at radius 3 is 2.25 bits per heavy atom. The summed E-state index contributed by atoms with van der Waals surface area (Å²) < 4.78 is 40.3. The van der Waals surface area contributed by atoms with Gasteiger partial charge in [-0.15, -0.1) is 0 Å². The maximum atomic E-state index is 14.0. The van der Waals surface area contributed by atoms with E-state index in [9.17, 15) is 22.4 Å². The Hall–Kier alpha value is -3.43. The Balaban J connectivity index is 2.06. The number of halogens is 2. The Kier molecular flexibility index (Phi) is 10.7. The standard InChI is InChI=1S/C30H35ClFN3O4S/c1-21(2)18-33-30(37)28(16-23-10-6-5-7-11-23)34(19-24-12-8-9-22(3)15-24)29(36)20-35(40(4,38)39)25-13-14-27(32)26(31)17-25/h5-15,17,21,28H,16,18-20H2,1-4H3,(H,33,37)/t28-/m0/s1. The van der Waals surface area contributed by atoms with E-state index in [1.165, 1.54) is 11.0 Å². The summed E-state index contributed by atoms with van der Waals surface area (Å²) in [6.45, 7) is 5.76. The van der Waals surface area contributed by atoms with Crippen LogP contribution in [0.15, 0.2) is 72.8 Å². The summed E-state index contributed by atoms with van der Waals surface area (Å²) in [5.41, 5.74) is 2.66. The van der Waals surface area contributed by atoms with Gasteiger partial charge >= 0.3 is 0 Å². The molecule has 0 spiro atoms. The van der Waals surface area contributed by atoms with E-state index in [4.69, 9.17) is 11.6 Å². The lowest BCUT2D eigenvalue weighted by molar-refractivity contribution is -0.140. The molecule has 3 aromatic rings. The second kappa shape index (κ2) is 13.8. The van der Waals surface area contributed by atoms with Gasteiger partial charge in [-0.25, -0.2) is 12.8 Å². The number of anilines is 1. The molecule has 3 aromatic carbocycles. The number of carbonyl (C=O) groups is 2. The summed E-state index contributed by atoms with van der Waals surface area (Å²) in [5, 5.41) is 2.67. The van der Waals surface area contributed by atoms with Crippen LogP contribution < -0.4 is 9.62 Å². The maximum absolute atomic E-state index is 14.0. The first kappa shape index (κ1) is 31.1. The predicted octanol–water partition coefficient (Wildman–Crippen LogP) is 4.97. The van der Waals surface area contributed by atoms with Gasteiger partial charge in [0.2, 0.25) is 21.8 Å². The third-order valence-electron chi connectivity index (χ3n) is 6.26. The number of hydrogen-bond acceptors (Lipinski definition) is 4. The van der Waals surface area contributed by atoms with Gasteiger partial charge in [-0.3, -0.25) is 13.9 Å². The van der Waals surface area contributed by atoms with Crippen molar-refractivity contribution in [2.75, 3.05) is 23.7 Å². The lowest BCUT2D eigenvalue weighted by atomic mass is 10.0. The van der Waals surface area contributed by atoms with Crippen molar-refractivity contribution in [1.29, 1.82) is 0 Å². The van der Waals surface area contributed by atoms with Crippen LogP contribution in [0.3, 0.4) is 0 Å². The summed E-state index contributed by atoms with van der Waals surface area (Å²) in [5.74, 6) is -1.45. The number of carbonyl (C=O) groups excluding carboxylic acids is 2. The van der Waals surface area contributed by atoms with Crippen LogP contribution in [0.5, 0.6) is 0 Å². The highest BCUT2D eigenvalue weighted by molar-refractivity contribution is 7.92. The van der Waals surface area contributed by atoms with Gasteiger partial charge in [0.15, 0.2) is 0 Å². The molecule has 10 heteroatoms. The quantitative estimate of drug-likeness (QED) is 0.324. The Bertz CT molecular complexity index is 1430. The molecule has 0 unspecified atom stereocenters. The van der Waals surface area contributed by atoms with Crippen molar-refractivity contribution in [3.05, 3.63) is 100 Å². The van der Waals surface area contributed by atoms with Crippen LogP contribution in [0, 0.1) is 18.7 Å². The number of sulfonamides is 1. The molecule has 0 heterocycles. The van der Waals surface area contributed by atoms with E-state index in [2.05, 4.69) is 5.32 Å². The van der Waals surface area contributed by atoms with E-state index in [-0.39, 0.29) is 35.5 Å². The average molecular weight is 588 g/mol. The molecule has 2 amide bonds. The van der Waals surface area contributed by atoms with E-state index in [1.54, 1.807) is 0 Å². The third kappa shape index (κ3) is 8.79. The van der Waals surface area contributed by atoms with Crippen LogP contribution >= 0.6 is 11.6 Å². The van der Waals surface area contributed by atoms with Gasteiger partial charge in [-0.2, -0.15) is 0 Å². The molecule has 0 saturated carbocycles. The molecule has 7 nitrogen and oxygen atoms in total. The summed E-state index contributed by atoms with van der Waals surface area (Å²) in [6, 6.07) is 19.4. The van der Waals surface area contributed by atoms with Crippen molar-refractivity contribution in [2.45, 2.75) is 39.8 Å². The molecule has 214 valence electrons. The van der Waals surface area contributed by atoms with Crippen molar-refractivity contribution in [2.24, 2.45) is 5.92 Å². The highest BCUT2D eigenvalue weighted by Gasteiger charge is 2.33. The number of nitrogens with zero attached hydrogens (tertiary/aromatic N) is 2. The summed E-state index contributed by atoms with van der Waals surface area (Å²) in [4.78, 5) is 29.0. The van der Waals surface area contributed by atoms with Crippen LogP contribution in [0.4, 0.5) is 10.1 Å². The third-order valence-corrected chi connectivity index (χ3v) is 7.69. The fourth-order valence-corrected chi connectivity index (χ4v) is 5.25. The van der Waals surface area contributed by atoms with Gasteiger partial charge < -0.3 is 10.2 Å². The maximum Gasteiger partial charge on any atom is 0.244 e. The van der Waals surface area contributed by atoms with Gasteiger partial charge in [0.05, 0.1) is 17.0 Å². The zero-order chi connectivity index (χ0) is 29.4. The normalized spacial score (nSPS) is 12.2. The zero-order valence-corrected chi connectivity index (χ0v) is 24.7. The minimum Gasteiger partial charge on any atom is -0.354 e. The second-order valence-electron chi connectivity index (χ2n) is 10.2. The van der Waals surface area contributed by atoms with Gasteiger partial charge in [0, 0.05) is 19.5 Å². The molecule has 0 aliphatic rings. The average Bonchev–Trinajstić information content (AvgIpc) is 2.89.